The maximum absolute atomic E-state index is 13.6. The number of fused-ring (bicyclic) bond motifs is 1. The molecule has 0 spiro atoms. The van der Waals surface area contributed by atoms with Gasteiger partial charge in [-0.3, -0.25) is 4.40 Å². The third-order valence-electron chi connectivity index (χ3n) is 6.03. The topological polar surface area (TPSA) is 94.0 Å². The van der Waals surface area contributed by atoms with E-state index >= 15 is 0 Å². The van der Waals surface area contributed by atoms with E-state index in [2.05, 4.69) is 20.5 Å². The lowest BCUT2D eigenvalue weighted by atomic mass is 9.94. The van der Waals surface area contributed by atoms with Crippen LogP contribution in [0, 0.1) is 0 Å². The van der Waals surface area contributed by atoms with Gasteiger partial charge in [-0.1, -0.05) is 54.1 Å². The van der Waals surface area contributed by atoms with Crippen LogP contribution in [0.3, 0.4) is 0 Å². The van der Waals surface area contributed by atoms with Gasteiger partial charge in [-0.15, -0.1) is 10.2 Å². The third kappa shape index (κ3) is 5.46. The first-order valence-electron chi connectivity index (χ1n) is 11.7. The molecule has 38 heavy (non-hydrogen) atoms. The van der Waals surface area contributed by atoms with Gasteiger partial charge in [0.2, 0.25) is 5.95 Å². The number of pyridine rings is 1. The predicted molar refractivity (Wildman–Crippen MR) is 141 cm³/mol. The third-order valence-corrected chi connectivity index (χ3v) is 6.24. The maximum Gasteiger partial charge on any atom is 0.416 e. The Bertz CT molecular complexity index is 1580. The van der Waals surface area contributed by atoms with Crippen molar-refractivity contribution in [1.29, 1.82) is 0 Å². The highest BCUT2D eigenvalue weighted by molar-refractivity contribution is 6.29. The van der Waals surface area contributed by atoms with Gasteiger partial charge in [-0.25, -0.2) is 9.97 Å². The van der Waals surface area contributed by atoms with E-state index in [1.165, 1.54) is 18.6 Å². The molecule has 0 aliphatic heterocycles. The molecular formula is C27H23ClF3N7. The summed E-state index contributed by atoms with van der Waals surface area (Å²) < 4.78 is 42.2. The molecule has 194 valence electrons. The SMILES string of the molecule is CC(N)(CNc1nc(-c2ccnc(Cl)c2)c(-c2cccc(C(F)(F)F)c2)c2nncn12)Cc1ccccc1. The Morgan fingerprint density at radius 3 is 2.53 bits per heavy atom. The lowest BCUT2D eigenvalue weighted by molar-refractivity contribution is -0.137. The van der Waals surface area contributed by atoms with E-state index in [0.717, 1.165) is 17.7 Å². The second kappa shape index (κ2) is 10.0. The predicted octanol–water partition coefficient (Wildman–Crippen LogP) is 5.90. The molecule has 0 saturated carbocycles. The Balaban J connectivity index is 1.61. The van der Waals surface area contributed by atoms with Crippen LogP contribution in [0.2, 0.25) is 5.15 Å². The van der Waals surface area contributed by atoms with E-state index in [1.54, 1.807) is 22.6 Å². The van der Waals surface area contributed by atoms with Gasteiger partial charge in [0.05, 0.1) is 16.8 Å². The molecule has 3 heterocycles. The zero-order valence-electron chi connectivity index (χ0n) is 20.2. The summed E-state index contributed by atoms with van der Waals surface area (Å²) in [5, 5.41) is 11.8. The van der Waals surface area contributed by atoms with Crippen molar-refractivity contribution in [1.82, 2.24) is 24.6 Å². The van der Waals surface area contributed by atoms with Crippen molar-refractivity contribution in [3.8, 4) is 22.4 Å². The molecule has 0 saturated heterocycles. The lowest BCUT2D eigenvalue weighted by Gasteiger charge is -2.26. The van der Waals surface area contributed by atoms with E-state index in [1.807, 2.05) is 37.3 Å². The van der Waals surface area contributed by atoms with Crippen LogP contribution in [0.4, 0.5) is 19.1 Å². The van der Waals surface area contributed by atoms with Crippen LogP contribution >= 0.6 is 11.6 Å². The zero-order valence-corrected chi connectivity index (χ0v) is 21.0. The van der Waals surface area contributed by atoms with Gasteiger partial charge >= 0.3 is 6.18 Å². The highest BCUT2D eigenvalue weighted by Crippen LogP contribution is 2.38. The molecular weight excluding hydrogens is 515 g/mol. The van der Waals surface area contributed by atoms with Crippen LogP contribution in [0.25, 0.3) is 28.0 Å². The van der Waals surface area contributed by atoms with Crippen LogP contribution in [-0.2, 0) is 12.6 Å². The molecule has 1 unspecified atom stereocenters. The molecule has 0 aliphatic carbocycles. The summed E-state index contributed by atoms with van der Waals surface area (Å²) in [5.74, 6) is 0.383. The van der Waals surface area contributed by atoms with Crippen LogP contribution in [0.5, 0.6) is 0 Å². The van der Waals surface area contributed by atoms with Crippen molar-refractivity contribution >= 4 is 23.2 Å². The molecule has 3 aromatic heterocycles. The number of rotatable bonds is 7. The van der Waals surface area contributed by atoms with Gasteiger partial charge in [0.15, 0.2) is 5.65 Å². The molecule has 3 N–H and O–H groups in total. The number of aromatic nitrogens is 5. The summed E-state index contributed by atoms with van der Waals surface area (Å²) in [6, 6.07) is 18.2. The van der Waals surface area contributed by atoms with Crippen molar-refractivity contribution in [3.63, 3.8) is 0 Å². The monoisotopic (exact) mass is 537 g/mol. The van der Waals surface area contributed by atoms with Crippen molar-refractivity contribution in [2.45, 2.75) is 25.1 Å². The number of nitrogens with two attached hydrogens (primary N) is 1. The van der Waals surface area contributed by atoms with Gasteiger partial charge in [0.1, 0.15) is 11.5 Å². The van der Waals surface area contributed by atoms with Gasteiger partial charge < -0.3 is 11.1 Å². The van der Waals surface area contributed by atoms with Gasteiger partial charge in [-0.05, 0) is 48.7 Å². The summed E-state index contributed by atoms with van der Waals surface area (Å²) in [4.78, 5) is 8.83. The number of halogens is 4. The Morgan fingerprint density at radius 1 is 1.00 bits per heavy atom. The number of hydrogen-bond donors (Lipinski definition) is 2. The maximum atomic E-state index is 13.6. The molecule has 7 nitrogen and oxygen atoms in total. The first kappa shape index (κ1) is 25.6. The normalized spacial score (nSPS) is 13.4. The van der Waals surface area contributed by atoms with Crippen molar-refractivity contribution in [3.05, 3.63) is 95.5 Å². The number of benzene rings is 2. The number of nitrogens with one attached hydrogen (secondary N) is 1. The highest BCUT2D eigenvalue weighted by atomic mass is 35.5. The summed E-state index contributed by atoms with van der Waals surface area (Å²) >= 11 is 6.16. The molecule has 0 bridgehead atoms. The van der Waals surface area contributed by atoms with E-state index in [0.29, 0.717) is 41.4 Å². The molecule has 0 amide bonds. The first-order valence-corrected chi connectivity index (χ1v) is 12.1. The minimum Gasteiger partial charge on any atom is -0.353 e. The number of nitrogens with zero attached hydrogens (tertiary/aromatic N) is 5. The minimum atomic E-state index is -4.51. The van der Waals surface area contributed by atoms with Gasteiger partial charge in [-0.2, -0.15) is 13.2 Å². The largest absolute Gasteiger partial charge is 0.416 e. The van der Waals surface area contributed by atoms with Gasteiger partial charge in [0, 0.05) is 23.8 Å². The summed E-state index contributed by atoms with van der Waals surface area (Å²) in [5.41, 5.74) is 8.19. The van der Waals surface area contributed by atoms with Crippen LogP contribution in [-0.4, -0.2) is 36.6 Å². The van der Waals surface area contributed by atoms with Crippen LogP contribution in [0.1, 0.15) is 18.1 Å². The van der Waals surface area contributed by atoms with Crippen LogP contribution in [0.15, 0.2) is 79.3 Å². The smallest absolute Gasteiger partial charge is 0.353 e. The van der Waals surface area contributed by atoms with E-state index in [4.69, 9.17) is 22.3 Å². The van der Waals surface area contributed by atoms with Crippen molar-refractivity contribution < 1.29 is 13.2 Å². The first-order chi connectivity index (χ1) is 18.1. The molecule has 11 heteroatoms. The molecule has 0 radical (unpaired) electrons. The molecule has 1 atom stereocenters. The Kier molecular flexibility index (Phi) is 6.77. The summed E-state index contributed by atoms with van der Waals surface area (Å²) in [6.07, 6.45) is -0.940. The number of alkyl halides is 3. The van der Waals surface area contributed by atoms with E-state index in [-0.39, 0.29) is 10.7 Å². The molecule has 0 aliphatic rings. The zero-order chi connectivity index (χ0) is 26.9. The van der Waals surface area contributed by atoms with Crippen molar-refractivity contribution in [2.75, 3.05) is 11.9 Å². The number of anilines is 1. The fourth-order valence-electron chi connectivity index (χ4n) is 4.29. The summed E-state index contributed by atoms with van der Waals surface area (Å²) in [7, 11) is 0. The lowest BCUT2D eigenvalue weighted by Crippen LogP contribution is -2.45. The second-order valence-electron chi connectivity index (χ2n) is 9.30. The standard InChI is InChI=1S/C27H23ClF3N7/c1-26(32,14-17-6-3-2-4-7-17)15-34-25-36-23(19-10-11-33-21(28)13-19)22(24-37-35-16-38(24)25)18-8-5-9-20(12-18)27(29,30)31/h2-13,16H,14-15,32H2,1H3,(H,34,36). The fourth-order valence-corrected chi connectivity index (χ4v) is 4.46. The Hall–Kier alpha value is -4.02. The highest BCUT2D eigenvalue weighted by Gasteiger charge is 2.31. The fraction of sp³-hybridized carbons (Fsp3) is 0.185. The van der Waals surface area contributed by atoms with Gasteiger partial charge in [0.25, 0.3) is 0 Å². The summed E-state index contributed by atoms with van der Waals surface area (Å²) in [6.45, 7) is 2.28. The van der Waals surface area contributed by atoms with Crippen LogP contribution < -0.4 is 11.1 Å². The molecule has 0 fully saturated rings. The minimum absolute atomic E-state index is 0.215. The quantitative estimate of drug-likeness (QED) is 0.251. The average molecular weight is 538 g/mol. The van der Waals surface area contributed by atoms with E-state index < -0.39 is 17.3 Å². The second-order valence-corrected chi connectivity index (χ2v) is 9.69. The molecule has 5 rings (SSSR count). The Morgan fingerprint density at radius 2 is 1.79 bits per heavy atom. The molecule has 2 aromatic carbocycles. The van der Waals surface area contributed by atoms with E-state index in [9.17, 15) is 13.2 Å². The van der Waals surface area contributed by atoms with Crippen molar-refractivity contribution in [2.24, 2.45) is 5.73 Å². The number of hydrogen-bond acceptors (Lipinski definition) is 6. The Labute approximate surface area is 221 Å². The average Bonchev–Trinajstić information content (AvgIpc) is 3.37. The molecule has 5 aromatic rings.